The van der Waals surface area contributed by atoms with Crippen molar-refractivity contribution in [2.75, 3.05) is 19.8 Å². The van der Waals surface area contributed by atoms with Crippen LogP contribution in [-0.4, -0.2) is 25.8 Å². The Hall–Kier alpha value is -1.37. The van der Waals surface area contributed by atoms with Gasteiger partial charge in [-0.25, -0.2) is 0 Å². The number of nitrogens with one attached hydrogen (secondary N) is 1. The van der Waals surface area contributed by atoms with Gasteiger partial charge in [-0.1, -0.05) is 12.1 Å². The molecule has 0 amide bonds. The number of ether oxygens (including phenoxy) is 1. The van der Waals surface area contributed by atoms with Crippen LogP contribution in [0.3, 0.4) is 0 Å². The van der Waals surface area contributed by atoms with E-state index in [-0.39, 0.29) is 0 Å². The summed E-state index contributed by atoms with van der Waals surface area (Å²) < 4.78 is 5.42. The van der Waals surface area contributed by atoms with Crippen LogP contribution in [0.4, 0.5) is 0 Å². The molecule has 1 aromatic rings. The normalized spacial score (nSPS) is 25.3. The van der Waals surface area contributed by atoms with Gasteiger partial charge in [0.15, 0.2) is 0 Å². The molecule has 0 radical (unpaired) electrons. The maximum atomic E-state index is 9.22. The van der Waals surface area contributed by atoms with Gasteiger partial charge >= 0.3 is 0 Å². The first-order chi connectivity index (χ1) is 11.8. The van der Waals surface area contributed by atoms with Crippen molar-refractivity contribution in [1.29, 1.82) is 5.26 Å². The van der Waals surface area contributed by atoms with E-state index < -0.39 is 0 Å². The molecular weight excluding hydrogens is 296 g/mol. The van der Waals surface area contributed by atoms with E-state index in [1.54, 1.807) is 0 Å². The molecule has 3 rings (SSSR count). The minimum atomic E-state index is 0.651. The van der Waals surface area contributed by atoms with E-state index in [0.29, 0.717) is 12.0 Å². The van der Waals surface area contributed by atoms with Gasteiger partial charge in [0.25, 0.3) is 0 Å². The van der Waals surface area contributed by atoms with Crippen LogP contribution < -0.4 is 5.32 Å². The van der Waals surface area contributed by atoms with E-state index in [4.69, 9.17) is 4.74 Å². The molecule has 24 heavy (non-hydrogen) atoms. The number of rotatable bonds is 5. The van der Waals surface area contributed by atoms with Gasteiger partial charge in [0, 0.05) is 19.3 Å². The fraction of sp³-hybridized carbons (Fsp3) is 0.667. The number of nitriles is 1. The fourth-order valence-corrected chi connectivity index (χ4v) is 4.37. The highest BCUT2D eigenvalue weighted by Crippen LogP contribution is 2.38. The van der Waals surface area contributed by atoms with Gasteiger partial charge in [-0.15, -0.1) is 0 Å². The summed E-state index contributed by atoms with van der Waals surface area (Å²) in [5.41, 5.74) is 3.45. The lowest BCUT2D eigenvalue weighted by Crippen LogP contribution is -2.36. The van der Waals surface area contributed by atoms with Crippen molar-refractivity contribution in [1.82, 2.24) is 5.32 Å². The molecule has 1 saturated heterocycles. The van der Waals surface area contributed by atoms with Crippen LogP contribution in [-0.2, 0) is 4.74 Å². The summed E-state index contributed by atoms with van der Waals surface area (Å²) in [5.74, 6) is 1.52. The molecule has 0 atom stereocenters. The van der Waals surface area contributed by atoms with Crippen LogP contribution in [0.25, 0.3) is 0 Å². The van der Waals surface area contributed by atoms with Gasteiger partial charge in [0.05, 0.1) is 11.6 Å². The Morgan fingerprint density at radius 2 is 1.88 bits per heavy atom. The topological polar surface area (TPSA) is 45.0 Å². The molecule has 2 fully saturated rings. The third-order valence-corrected chi connectivity index (χ3v) is 5.99. The van der Waals surface area contributed by atoms with E-state index in [0.717, 1.165) is 31.2 Å². The first-order valence-electron chi connectivity index (χ1n) is 9.58. The van der Waals surface area contributed by atoms with Crippen molar-refractivity contribution >= 4 is 0 Å². The predicted molar refractivity (Wildman–Crippen MR) is 97.1 cm³/mol. The number of hydrogen-bond donors (Lipinski definition) is 1. The molecule has 0 aromatic heterocycles. The minimum Gasteiger partial charge on any atom is -0.381 e. The molecule has 3 heteroatoms. The molecule has 0 bridgehead atoms. The van der Waals surface area contributed by atoms with Gasteiger partial charge in [-0.2, -0.15) is 5.26 Å². The summed E-state index contributed by atoms with van der Waals surface area (Å²) in [4.78, 5) is 0. The van der Waals surface area contributed by atoms with Crippen molar-refractivity contribution in [3.8, 4) is 6.07 Å². The second-order valence-corrected chi connectivity index (χ2v) is 7.48. The van der Waals surface area contributed by atoms with E-state index >= 15 is 0 Å². The quantitative estimate of drug-likeness (QED) is 0.877. The molecule has 1 aliphatic carbocycles. The smallest absolute Gasteiger partial charge is 0.0994 e. The van der Waals surface area contributed by atoms with Crippen molar-refractivity contribution in [2.45, 2.75) is 63.8 Å². The standard InChI is InChI=1S/C21H30N2O/c1-16-19(15-22)3-2-4-21(16)18-7-5-17(6-8-18)9-12-23-20-10-13-24-14-11-20/h2-4,17-18,20,23H,5-14H2,1H3/t17-,18-. The van der Waals surface area contributed by atoms with Crippen LogP contribution >= 0.6 is 0 Å². The molecule has 3 nitrogen and oxygen atoms in total. The zero-order valence-corrected chi connectivity index (χ0v) is 14.9. The summed E-state index contributed by atoms with van der Waals surface area (Å²) in [6.07, 6.45) is 8.85. The molecule has 0 unspecified atom stereocenters. The SMILES string of the molecule is Cc1c(C#N)cccc1[C@H]1CC[C@H](CCNC2CCOCC2)CC1. The van der Waals surface area contributed by atoms with E-state index in [9.17, 15) is 5.26 Å². The van der Waals surface area contributed by atoms with Crippen LogP contribution in [0.1, 0.15) is 67.6 Å². The number of hydrogen-bond acceptors (Lipinski definition) is 3. The van der Waals surface area contributed by atoms with Crippen molar-refractivity contribution < 1.29 is 4.74 Å². The largest absolute Gasteiger partial charge is 0.381 e. The zero-order chi connectivity index (χ0) is 16.8. The summed E-state index contributed by atoms with van der Waals surface area (Å²) in [7, 11) is 0. The molecule has 1 heterocycles. The molecular formula is C21H30N2O. The Labute approximate surface area is 146 Å². The van der Waals surface area contributed by atoms with Gasteiger partial charge in [-0.3, -0.25) is 0 Å². The Balaban J connectivity index is 1.43. The molecule has 2 aliphatic rings. The highest BCUT2D eigenvalue weighted by Gasteiger charge is 2.24. The molecule has 130 valence electrons. The summed E-state index contributed by atoms with van der Waals surface area (Å²) in [6.45, 7) is 5.11. The van der Waals surface area contributed by atoms with E-state index in [1.165, 1.54) is 56.1 Å². The van der Waals surface area contributed by atoms with Crippen LogP contribution in [0, 0.1) is 24.2 Å². The maximum Gasteiger partial charge on any atom is 0.0994 e. The second kappa shape index (κ2) is 8.65. The summed E-state index contributed by atoms with van der Waals surface area (Å²) in [5, 5.41) is 12.9. The Morgan fingerprint density at radius 1 is 1.12 bits per heavy atom. The molecule has 1 aromatic carbocycles. The molecule has 1 aliphatic heterocycles. The monoisotopic (exact) mass is 326 g/mol. The average Bonchev–Trinajstić information content (AvgIpc) is 2.64. The van der Waals surface area contributed by atoms with Gasteiger partial charge in [-0.05, 0) is 87.4 Å². The molecule has 1 saturated carbocycles. The lowest BCUT2D eigenvalue weighted by Gasteiger charge is -2.30. The first-order valence-corrected chi connectivity index (χ1v) is 9.58. The van der Waals surface area contributed by atoms with E-state index in [2.05, 4.69) is 24.4 Å². The fourth-order valence-electron chi connectivity index (χ4n) is 4.37. The molecule has 0 spiro atoms. The van der Waals surface area contributed by atoms with Crippen molar-refractivity contribution in [3.05, 3.63) is 34.9 Å². The van der Waals surface area contributed by atoms with Gasteiger partial charge < -0.3 is 10.1 Å². The Kier molecular flexibility index (Phi) is 6.29. The zero-order valence-electron chi connectivity index (χ0n) is 14.9. The molecule has 1 N–H and O–H groups in total. The van der Waals surface area contributed by atoms with Crippen molar-refractivity contribution in [3.63, 3.8) is 0 Å². The van der Waals surface area contributed by atoms with Gasteiger partial charge in [0.1, 0.15) is 0 Å². The average molecular weight is 326 g/mol. The number of nitrogens with zero attached hydrogens (tertiary/aromatic N) is 1. The summed E-state index contributed by atoms with van der Waals surface area (Å²) >= 11 is 0. The highest BCUT2D eigenvalue weighted by molar-refractivity contribution is 5.43. The van der Waals surface area contributed by atoms with Crippen LogP contribution in [0.5, 0.6) is 0 Å². The maximum absolute atomic E-state index is 9.22. The summed E-state index contributed by atoms with van der Waals surface area (Å²) in [6, 6.07) is 9.21. The second-order valence-electron chi connectivity index (χ2n) is 7.48. The van der Waals surface area contributed by atoms with Crippen LogP contribution in [0.15, 0.2) is 18.2 Å². The third-order valence-electron chi connectivity index (χ3n) is 5.99. The Morgan fingerprint density at radius 3 is 2.58 bits per heavy atom. The van der Waals surface area contributed by atoms with Crippen LogP contribution in [0.2, 0.25) is 0 Å². The van der Waals surface area contributed by atoms with Gasteiger partial charge in [0.2, 0.25) is 0 Å². The first kappa shape index (κ1) is 17.5. The minimum absolute atomic E-state index is 0.651. The third kappa shape index (κ3) is 4.37. The highest BCUT2D eigenvalue weighted by atomic mass is 16.5. The lowest BCUT2D eigenvalue weighted by molar-refractivity contribution is 0.0775. The number of benzene rings is 1. The van der Waals surface area contributed by atoms with E-state index in [1.807, 2.05) is 12.1 Å². The lowest BCUT2D eigenvalue weighted by atomic mass is 9.76. The Bertz CT molecular complexity index is 564. The van der Waals surface area contributed by atoms with Crippen molar-refractivity contribution in [2.24, 2.45) is 5.92 Å². The predicted octanol–water partition coefficient (Wildman–Crippen LogP) is 4.30.